The van der Waals surface area contributed by atoms with Crippen molar-refractivity contribution in [2.75, 3.05) is 32.6 Å². The molecule has 3 aromatic heterocycles. The van der Waals surface area contributed by atoms with E-state index in [0.717, 1.165) is 4.68 Å². The highest BCUT2D eigenvalue weighted by atomic mass is 19.4. The number of methoxy groups -OCH3 is 1. The van der Waals surface area contributed by atoms with Crippen LogP contribution in [0.5, 0.6) is 5.75 Å². The Morgan fingerprint density at radius 3 is 2.55 bits per heavy atom. The van der Waals surface area contributed by atoms with Gasteiger partial charge in [-0.1, -0.05) is 0 Å². The van der Waals surface area contributed by atoms with Gasteiger partial charge in [0.1, 0.15) is 5.75 Å². The topological polar surface area (TPSA) is 98.4 Å². The number of hydrogen-bond donors (Lipinski definition) is 0. The molecule has 2 aromatic carbocycles. The lowest BCUT2D eigenvalue weighted by atomic mass is 9.87. The molecule has 0 spiro atoms. The Labute approximate surface area is 250 Å². The molecule has 44 heavy (non-hydrogen) atoms. The fourth-order valence-electron chi connectivity index (χ4n) is 5.68. The van der Waals surface area contributed by atoms with Crippen LogP contribution in [0.25, 0.3) is 22.0 Å². The van der Waals surface area contributed by atoms with Crippen LogP contribution in [-0.4, -0.2) is 68.8 Å². The number of anilines is 1. The van der Waals surface area contributed by atoms with Crippen LogP contribution in [-0.2, 0) is 26.2 Å². The summed E-state index contributed by atoms with van der Waals surface area (Å²) in [7, 11) is 6.19. The minimum Gasteiger partial charge on any atom is -0.497 e. The quantitative estimate of drug-likeness (QED) is 0.276. The highest BCUT2D eigenvalue weighted by Crippen LogP contribution is 2.41. The molecule has 10 nitrogen and oxygen atoms in total. The summed E-state index contributed by atoms with van der Waals surface area (Å²) in [5, 5.41) is 4.25. The fourth-order valence-corrected chi connectivity index (χ4v) is 5.68. The van der Waals surface area contributed by atoms with Crippen molar-refractivity contribution in [2.24, 2.45) is 7.05 Å². The molecule has 0 unspecified atom stereocenters. The third-order valence-electron chi connectivity index (χ3n) is 7.64. The Morgan fingerprint density at radius 2 is 1.86 bits per heavy atom. The average Bonchev–Trinajstić information content (AvgIpc) is 3.65. The Bertz CT molecular complexity index is 1910. The number of ether oxygens (including phenoxy) is 1. The first kappa shape index (κ1) is 28.9. The van der Waals surface area contributed by atoms with Gasteiger partial charge in [-0.2, -0.15) is 18.3 Å². The van der Waals surface area contributed by atoms with Crippen LogP contribution < -0.4 is 9.64 Å². The molecule has 0 saturated heterocycles. The van der Waals surface area contributed by atoms with Gasteiger partial charge >= 0.3 is 6.18 Å². The van der Waals surface area contributed by atoms with E-state index < -0.39 is 11.9 Å². The van der Waals surface area contributed by atoms with Crippen molar-refractivity contribution in [3.63, 3.8) is 0 Å². The highest BCUT2D eigenvalue weighted by molar-refractivity contribution is 6.15. The molecule has 0 aliphatic carbocycles. The molecule has 0 saturated carbocycles. The number of rotatable bonds is 6. The van der Waals surface area contributed by atoms with E-state index in [1.807, 2.05) is 0 Å². The number of benzene rings is 2. The number of hydrogen-bond acceptors (Lipinski definition) is 6. The number of pyridine rings is 1. The molecule has 1 aliphatic heterocycles. The first-order valence-corrected chi connectivity index (χ1v) is 13.7. The Kier molecular flexibility index (Phi) is 7.10. The summed E-state index contributed by atoms with van der Waals surface area (Å²) in [5.41, 5.74) is 1.87. The predicted molar refractivity (Wildman–Crippen MR) is 157 cm³/mol. The minimum atomic E-state index is -4.69. The third-order valence-corrected chi connectivity index (χ3v) is 7.64. The summed E-state index contributed by atoms with van der Waals surface area (Å²) < 4.78 is 50.7. The molecule has 4 heterocycles. The van der Waals surface area contributed by atoms with Crippen molar-refractivity contribution in [2.45, 2.75) is 19.1 Å². The van der Waals surface area contributed by atoms with Crippen LogP contribution in [0.1, 0.15) is 37.5 Å². The molecule has 0 bridgehead atoms. The van der Waals surface area contributed by atoms with Crippen molar-refractivity contribution in [1.82, 2.24) is 29.2 Å². The molecule has 2 amide bonds. The molecular formula is C31H28F3N7O3. The Hall–Kier alpha value is -5.20. The molecule has 226 valence electrons. The normalized spacial score (nSPS) is 13.3. The molecule has 6 rings (SSSR count). The van der Waals surface area contributed by atoms with Gasteiger partial charge in [-0.15, -0.1) is 0 Å². The second kappa shape index (κ2) is 10.8. The zero-order chi connectivity index (χ0) is 31.3. The average molecular weight is 604 g/mol. The van der Waals surface area contributed by atoms with E-state index in [0.29, 0.717) is 56.7 Å². The van der Waals surface area contributed by atoms with Crippen molar-refractivity contribution in [1.29, 1.82) is 0 Å². The van der Waals surface area contributed by atoms with Crippen molar-refractivity contribution in [3.8, 4) is 16.9 Å². The maximum Gasteiger partial charge on any atom is 0.435 e. The molecule has 0 radical (unpaired) electrons. The SMILES string of the molecule is COc1cc(C(=O)N(C)C)c2nccc(N3CCc4c(cc(Cn5ccnc5)cc4-c4cn(C)nc4C(F)(F)F)C3=O)c2c1. The van der Waals surface area contributed by atoms with Gasteiger partial charge in [0.2, 0.25) is 0 Å². The van der Waals surface area contributed by atoms with Crippen LogP contribution >= 0.6 is 0 Å². The predicted octanol–water partition coefficient (Wildman–Crippen LogP) is 4.81. The largest absolute Gasteiger partial charge is 0.497 e. The van der Waals surface area contributed by atoms with Gasteiger partial charge in [0.25, 0.3) is 11.8 Å². The van der Waals surface area contributed by atoms with E-state index in [9.17, 15) is 22.8 Å². The van der Waals surface area contributed by atoms with E-state index in [1.54, 1.807) is 72.6 Å². The van der Waals surface area contributed by atoms with Crippen molar-refractivity contribution < 1.29 is 27.5 Å². The number of alkyl halides is 3. The van der Waals surface area contributed by atoms with E-state index in [4.69, 9.17) is 4.74 Å². The molecule has 0 N–H and O–H groups in total. The second-order valence-corrected chi connectivity index (χ2v) is 10.8. The standard InChI is InChI=1S/C31H28F3N7O3/c1-38(2)29(42)24-14-19(44-4)13-23-26(5-7-36-27(23)24)41-9-6-20-21(25-16-39(3)37-28(25)31(32,33)34)11-18(12-22(20)30(41)43)15-40-10-8-35-17-40/h5,7-8,10-14,16-17H,6,9,15H2,1-4H3. The maximum atomic E-state index is 14.3. The minimum absolute atomic E-state index is 0.0871. The first-order valence-electron chi connectivity index (χ1n) is 13.7. The van der Waals surface area contributed by atoms with Crippen LogP contribution in [0.3, 0.4) is 0 Å². The molecular weight excluding hydrogens is 575 g/mol. The van der Waals surface area contributed by atoms with E-state index >= 15 is 0 Å². The lowest BCUT2D eigenvalue weighted by Gasteiger charge is -2.31. The monoisotopic (exact) mass is 603 g/mol. The number of halogens is 3. The zero-order valence-electron chi connectivity index (χ0n) is 24.4. The summed E-state index contributed by atoms with van der Waals surface area (Å²) in [4.78, 5) is 38.9. The number of nitrogens with zero attached hydrogens (tertiary/aromatic N) is 7. The van der Waals surface area contributed by atoms with Gasteiger partial charge in [0, 0.05) is 75.5 Å². The Balaban J connectivity index is 1.52. The lowest BCUT2D eigenvalue weighted by molar-refractivity contribution is -0.141. The smallest absolute Gasteiger partial charge is 0.435 e. The van der Waals surface area contributed by atoms with Gasteiger partial charge in [0.15, 0.2) is 5.69 Å². The number of amides is 2. The molecule has 0 atom stereocenters. The van der Waals surface area contributed by atoms with Crippen molar-refractivity contribution >= 4 is 28.4 Å². The number of aromatic nitrogens is 5. The highest BCUT2D eigenvalue weighted by Gasteiger charge is 2.39. The van der Waals surface area contributed by atoms with Crippen LogP contribution in [0.2, 0.25) is 0 Å². The fraction of sp³-hybridized carbons (Fsp3) is 0.258. The number of carbonyl (C=O) groups excluding carboxylic acids is 2. The van der Waals surface area contributed by atoms with Gasteiger partial charge in [-0.3, -0.25) is 19.3 Å². The molecule has 1 aliphatic rings. The van der Waals surface area contributed by atoms with Gasteiger partial charge in [-0.05, 0) is 53.4 Å². The molecule has 5 aromatic rings. The van der Waals surface area contributed by atoms with E-state index in [-0.39, 0.29) is 30.3 Å². The van der Waals surface area contributed by atoms with Crippen LogP contribution in [0, 0.1) is 0 Å². The summed E-state index contributed by atoms with van der Waals surface area (Å²) in [5.74, 6) is -0.240. The molecule has 0 fully saturated rings. The van der Waals surface area contributed by atoms with Gasteiger partial charge < -0.3 is 19.1 Å². The van der Waals surface area contributed by atoms with Gasteiger partial charge in [-0.25, -0.2) is 4.98 Å². The van der Waals surface area contributed by atoms with E-state index in [1.165, 1.54) is 31.5 Å². The number of aryl methyl sites for hydroxylation is 1. The first-order chi connectivity index (χ1) is 21.0. The Morgan fingerprint density at radius 1 is 1.09 bits per heavy atom. The second-order valence-electron chi connectivity index (χ2n) is 10.8. The third kappa shape index (κ3) is 5.03. The summed E-state index contributed by atoms with van der Waals surface area (Å²) in [6.07, 6.45) is 3.40. The number of carbonyl (C=O) groups is 2. The zero-order valence-corrected chi connectivity index (χ0v) is 24.4. The van der Waals surface area contributed by atoms with Crippen LogP contribution in [0.4, 0.5) is 18.9 Å². The maximum absolute atomic E-state index is 14.3. The van der Waals surface area contributed by atoms with E-state index in [2.05, 4.69) is 15.1 Å². The summed E-state index contributed by atoms with van der Waals surface area (Å²) in [6, 6.07) is 8.43. The molecule has 13 heteroatoms. The summed E-state index contributed by atoms with van der Waals surface area (Å²) in [6.45, 7) is 0.481. The van der Waals surface area contributed by atoms with Gasteiger partial charge in [0.05, 0.1) is 30.2 Å². The lowest BCUT2D eigenvalue weighted by Crippen LogP contribution is -2.38. The summed E-state index contributed by atoms with van der Waals surface area (Å²) >= 11 is 0. The number of imidazole rings is 1. The van der Waals surface area contributed by atoms with Crippen LogP contribution in [0.15, 0.2) is 61.4 Å². The van der Waals surface area contributed by atoms with Crippen molar-refractivity contribution in [3.05, 3.63) is 89.4 Å². The number of fused-ring (bicyclic) bond motifs is 2.